The smallest absolute Gasteiger partial charge is 0.274 e. The van der Waals surface area contributed by atoms with Gasteiger partial charge in [-0.1, -0.05) is 31.4 Å². The van der Waals surface area contributed by atoms with Crippen LogP contribution in [0.1, 0.15) is 72.8 Å². The second-order valence-corrected chi connectivity index (χ2v) is 9.68. The van der Waals surface area contributed by atoms with E-state index in [9.17, 15) is 9.59 Å². The van der Waals surface area contributed by atoms with E-state index in [1.807, 2.05) is 33.7 Å². The summed E-state index contributed by atoms with van der Waals surface area (Å²) in [6.45, 7) is 2.13. The van der Waals surface area contributed by atoms with E-state index in [1.165, 1.54) is 19.3 Å². The third-order valence-electron chi connectivity index (χ3n) is 7.52. The van der Waals surface area contributed by atoms with Crippen LogP contribution in [0.3, 0.4) is 0 Å². The zero-order valence-corrected chi connectivity index (χ0v) is 19.9. The lowest BCUT2D eigenvalue weighted by atomic mass is 9.92. The zero-order chi connectivity index (χ0) is 23.5. The third-order valence-corrected chi connectivity index (χ3v) is 7.52. The van der Waals surface area contributed by atoms with E-state index in [4.69, 9.17) is 9.47 Å². The van der Waals surface area contributed by atoms with Gasteiger partial charge in [0, 0.05) is 25.0 Å². The normalized spacial score (nSPS) is 21.7. The number of rotatable bonds is 5. The van der Waals surface area contributed by atoms with E-state index in [1.54, 1.807) is 13.4 Å². The van der Waals surface area contributed by atoms with Gasteiger partial charge in [0.15, 0.2) is 5.69 Å². The van der Waals surface area contributed by atoms with Gasteiger partial charge in [-0.25, -0.2) is 4.98 Å². The van der Waals surface area contributed by atoms with Crippen molar-refractivity contribution in [3.63, 3.8) is 0 Å². The molecule has 1 saturated heterocycles. The predicted molar refractivity (Wildman–Crippen MR) is 126 cm³/mol. The summed E-state index contributed by atoms with van der Waals surface area (Å²) in [5.41, 5.74) is 2.37. The molecule has 3 aliphatic rings. The summed E-state index contributed by atoms with van der Waals surface area (Å²) in [5, 5.41) is 3.24. The Morgan fingerprint density at radius 3 is 2.50 bits per heavy atom. The van der Waals surface area contributed by atoms with E-state index in [2.05, 4.69) is 10.3 Å². The number of amides is 2. The topological polar surface area (TPSA) is 85.7 Å². The number of fused-ring (bicyclic) bond motifs is 1. The minimum absolute atomic E-state index is 0.00419. The van der Waals surface area contributed by atoms with Crippen molar-refractivity contribution in [2.75, 3.05) is 20.2 Å². The highest BCUT2D eigenvalue weighted by atomic mass is 16.5. The van der Waals surface area contributed by atoms with Gasteiger partial charge in [0.2, 0.25) is 5.91 Å². The summed E-state index contributed by atoms with van der Waals surface area (Å²) in [6, 6.07) is 8.20. The second-order valence-electron chi connectivity index (χ2n) is 9.68. The molecule has 2 amide bonds. The van der Waals surface area contributed by atoms with Crippen LogP contribution in [0.5, 0.6) is 5.75 Å². The molecule has 2 aliphatic heterocycles. The number of piperidine rings is 1. The lowest BCUT2D eigenvalue weighted by molar-refractivity contribution is -0.127. The molecular weight excluding hydrogens is 432 g/mol. The lowest BCUT2D eigenvalue weighted by Gasteiger charge is -2.33. The van der Waals surface area contributed by atoms with Gasteiger partial charge in [0.05, 0.1) is 32.3 Å². The summed E-state index contributed by atoms with van der Waals surface area (Å²) < 4.78 is 13.4. The number of likely N-dealkylation sites (tertiary alicyclic amines) is 1. The standard InChI is InChI=1S/C26H34N4O4/c1-33-21-9-7-18(8-10-21)23-15-30-17-27-24(22(30)16-34-23)26(32)29-13-11-19(12-14-29)25(31)28-20-5-3-2-4-6-20/h7-10,17,19-20,23H,2-6,11-16H2,1H3,(H,28,31)/t23-/m0/s1. The summed E-state index contributed by atoms with van der Waals surface area (Å²) in [5.74, 6) is 0.907. The van der Waals surface area contributed by atoms with Crippen LogP contribution < -0.4 is 10.1 Å². The number of imidazole rings is 1. The molecule has 1 atom stereocenters. The number of methoxy groups -OCH3 is 1. The van der Waals surface area contributed by atoms with Crippen LogP contribution in [0.15, 0.2) is 30.6 Å². The molecule has 1 saturated carbocycles. The molecule has 1 aromatic carbocycles. The van der Waals surface area contributed by atoms with E-state index in [0.29, 0.717) is 50.8 Å². The zero-order valence-electron chi connectivity index (χ0n) is 19.9. The number of benzene rings is 1. The summed E-state index contributed by atoms with van der Waals surface area (Å²) in [6.07, 6.45) is 8.94. The van der Waals surface area contributed by atoms with Crippen LogP contribution in [-0.2, 0) is 22.7 Å². The Balaban J connectivity index is 1.16. The number of ether oxygens (including phenoxy) is 2. The van der Waals surface area contributed by atoms with Gasteiger partial charge in [0.1, 0.15) is 11.9 Å². The SMILES string of the molecule is COc1ccc([C@@H]2Cn3cnc(C(=O)N4CCC(C(=O)NC5CCCCC5)CC4)c3CO2)cc1. The molecule has 1 aliphatic carbocycles. The van der Waals surface area contributed by atoms with Crippen molar-refractivity contribution in [3.05, 3.63) is 47.5 Å². The molecule has 8 nitrogen and oxygen atoms in total. The summed E-state index contributed by atoms with van der Waals surface area (Å²) in [4.78, 5) is 32.2. The van der Waals surface area contributed by atoms with Gasteiger partial charge in [-0.15, -0.1) is 0 Å². The van der Waals surface area contributed by atoms with Crippen molar-refractivity contribution < 1.29 is 19.1 Å². The first-order chi connectivity index (χ1) is 16.6. The van der Waals surface area contributed by atoms with Crippen LogP contribution in [-0.4, -0.2) is 52.5 Å². The van der Waals surface area contributed by atoms with Gasteiger partial charge < -0.3 is 24.3 Å². The molecule has 8 heteroatoms. The predicted octanol–water partition coefficient (Wildman–Crippen LogP) is 3.46. The first-order valence-corrected chi connectivity index (χ1v) is 12.5. The quantitative estimate of drug-likeness (QED) is 0.729. The van der Waals surface area contributed by atoms with E-state index < -0.39 is 0 Å². The maximum absolute atomic E-state index is 13.2. The molecule has 34 heavy (non-hydrogen) atoms. The van der Waals surface area contributed by atoms with Crippen molar-refractivity contribution in [2.45, 2.75) is 70.2 Å². The summed E-state index contributed by atoms with van der Waals surface area (Å²) >= 11 is 0. The fourth-order valence-corrected chi connectivity index (χ4v) is 5.39. The molecule has 1 aromatic heterocycles. The van der Waals surface area contributed by atoms with E-state index in [-0.39, 0.29) is 23.8 Å². The number of hydrogen-bond donors (Lipinski definition) is 1. The van der Waals surface area contributed by atoms with Crippen LogP contribution >= 0.6 is 0 Å². The third kappa shape index (κ3) is 4.82. The average Bonchev–Trinajstić information content (AvgIpc) is 3.32. The van der Waals surface area contributed by atoms with Crippen molar-refractivity contribution >= 4 is 11.8 Å². The van der Waals surface area contributed by atoms with Crippen LogP contribution in [0, 0.1) is 5.92 Å². The molecule has 0 radical (unpaired) electrons. The summed E-state index contributed by atoms with van der Waals surface area (Å²) in [7, 11) is 1.65. The molecule has 5 rings (SSSR count). The van der Waals surface area contributed by atoms with E-state index >= 15 is 0 Å². The molecule has 2 aromatic rings. The molecule has 0 bridgehead atoms. The van der Waals surface area contributed by atoms with Crippen LogP contribution in [0.25, 0.3) is 0 Å². The van der Waals surface area contributed by atoms with Crippen molar-refractivity contribution in [3.8, 4) is 5.75 Å². The van der Waals surface area contributed by atoms with Gasteiger partial charge in [-0.05, 0) is 43.4 Å². The Bertz CT molecular complexity index is 1000. The maximum Gasteiger partial charge on any atom is 0.274 e. The maximum atomic E-state index is 13.2. The number of carbonyl (C=O) groups is 2. The number of nitrogens with zero attached hydrogens (tertiary/aromatic N) is 3. The van der Waals surface area contributed by atoms with Gasteiger partial charge in [-0.3, -0.25) is 9.59 Å². The Hall–Kier alpha value is -2.87. The van der Waals surface area contributed by atoms with Crippen LogP contribution in [0.2, 0.25) is 0 Å². The Kier molecular flexibility index (Phi) is 6.85. The first-order valence-electron chi connectivity index (χ1n) is 12.5. The first kappa shape index (κ1) is 22.9. The lowest BCUT2D eigenvalue weighted by Crippen LogP contribution is -2.46. The highest BCUT2D eigenvalue weighted by molar-refractivity contribution is 5.93. The molecule has 0 unspecified atom stereocenters. The Morgan fingerprint density at radius 1 is 1.06 bits per heavy atom. The molecular formula is C26H34N4O4. The van der Waals surface area contributed by atoms with Crippen molar-refractivity contribution in [1.82, 2.24) is 19.8 Å². The number of aromatic nitrogens is 2. The Labute approximate surface area is 200 Å². The minimum atomic E-state index is -0.0889. The molecule has 3 heterocycles. The molecule has 182 valence electrons. The molecule has 1 N–H and O–H groups in total. The van der Waals surface area contributed by atoms with Gasteiger partial charge in [0.25, 0.3) is 5.91 Å². The highest BCUT2D eigenvalue weighted by Gasteiger charge is 2.32. The molecule has 2 fully saturated rings. The number of carbonyl (C=O) groups excluding carboxylic acids is 2. The fraction of sp³-hybridized carbons (Fsp3) is 0.577. The van der Waals surface area contributed by atoms with Gasteiger partial charge >= 0.3 is 0 Å². The number of nitrogens with one attached hydrogen (secondary N) is 1. The number of hydrogen-bond acceptors (Lipinski definition) is 5. The van der Waals surface area contributed by atoms with Crippen molar-refractivity contribution in [1.29, 1.82) is 0 Å². The molecule has 0 spiro atoms. The van der Waals surface area contributed by atoms with Gasteiger partial charge in [-0.2, -0.15) is 0 Å². The van der Waals surface area contributed by atoms with Crippen molar-refractivity contribution in [2.24, 2.45) is 5.92 Å². The highest BCUT2D eigenvalue weighted by Crippen LogP contribution is 2.30. The second kappa shape index (κ2) is 10.2. The van der Waals surface area contributed by atoms with E-state index in [0.717, 1.165) is 29.8 Å². The Morgan fingerprint density at radius 2 is 1.79 bits per heavy atom. The largest absolute Gasteiger partial charge is 0.497 e. The van der Waals surface area contributed by atoms with Crippen LogP contribution in [0.4, 0.5) is 0 Å². The monoisotopic (exact) mass is 466 g/mol. The minimum Gasteiger partial charge on any atom is -0.497 e. The average molecular weight is 467 g/mol. The fourth-order valence-electron chi connectivity index (χ4n) is 5.39.